The molecule has 1 aromatic carbocycles. The number of halogens is 1. The van der Waals surface area contributed by atoms with Crippen LogP contribution in [0.2, 0.25) is 5.02 Å². The summed E-state index contributed by atoms with van der Waals surface area (Å²) in [4.78, 5) is 29.9. The molecular weight excluding hydrogens is 392 g/mol. The molecular formula is C17H13ClN4O2S2. The summed E-state index contributed by atoms with van der Waals surface area (Å²) in [6.07, 6.45) is 0. The minimum absolute atomic E-state index is 0.134. The minimum Gasteiger partial charge on any atom is -0.325 e. The van der Waals surface area contributed by atoms with Crippen molar-refractivity contribution in [1.82, 2.24) is 9.55 Å². The molecule has 26 heavy (non-hydrogen) atoms. The van der Waals surface area contributed by atoms with E-state index in [1.807, 2.05) is 11.4 Å². The van der Waals surface area contributed by atoms with Gasteiger partial charge in [0.05, 0.1) is 21.2 Å². The first kappa shape index (κ1) is 18.5. The highest BCUT2D eigenvalue weighted by molar-refractivity contribution is 8.00. The number of nitrogens with one attached hydrogen (secondary N) is 1. The Morgan fingerprint density at radius 3 is 2.92 bits per heavy atom. The van der Waals surface area contributed by atoms with Gasteiger partial charge in [-0.25, -0.2) is 4.98 Å². The maximum Gasteiger partial charge on any atom is 0.262 e. The Kier molecular flexibility index (Phi) is 5.32. The van der Waals surface area contributed by atoms with Gasteiger partial charge in [-0.15, -0.1) is 11.3 Å². The van der Waals surface area contributed by atoms with Crippen molar-refractivity contribution in [1.29, 1.82) is 5.26 Å². The van der Waals surface area contributed by atoms with E-state index in [1.165, 1.54) is 33.7 Å². The third-order valence-corrected chi connectivity index (χ3v) is 5.94. The summed E-state index contributed by atoms with van der Waals surface area (Å²) in [5.74, 6) is -0.253. The molecule has 1 N–H and O–H groups in total. The molecule has 2 heterocycles. The second-order valence-electron chi connectivity index (χ2n) is 5.45. The number of amides is 1. The second-order valence-corrected chi connectivity index (χ2v) is 8.06. The lowest BCUT2D eigenvalue weighted by Crippen LogP contribution is -2.25. The molecule has 0 radical (unpaired) electrons. The maximum absolute atomic E-state index is 12.4. The van der Waals surface area contributed by atoms with Gasteiger partial charge in [-0.3, -0.25) is 14.2 Å². The molecule has 1 unspecified atom stereocenters. The molecule has 0 fully saturated rings. The van der Waals surface area contributed by atoms with Gasteiger partial charge in [0.1, 0.15) is 10.9 Å². The van der Waals surface area contributed by atoms with E-state index in [2.05, 4.69) is 10.3 Å². The van der Waals surface area contributed by atoms with Crippen LogP contribution in [0.15, 0.2) is 39.6 Å². The van der Waals surface area contributed by atoms with Crippen molar-refractivity contribution >= 4 is 56.5 Å². The number of benzene rings is 1. The van der Waals surface area contributed by atoms with Gasteiger partial charge >= 0.3 is 0 Å². The number of aromatic nitrogens is 2. The standard InChI is InChI=1S/C17H13ClN4O2S2/c1-9(14(23)20-11-4-3-10(8-19)13(18)7-11)26-17-21-15-12(5-6-25-15)16(24)22(17)2/h3-7,9H,1-2H3,(H,20,23). The number of thiophene rings is 1. The van der Waals surface area contributed by atoms with E-state index in [4.69, 9.17) is 16.9 Å². The van der Waals surface area contributed by atoms with E-state index >= 15 is 0 Å². The summed E-state index contributed by atoms with van der Waals surface area (Å²) in [6.45, 7) is 1.73. The van der Waals surface area contributed by atoms with Crippen LogP contribution in [0.4, 0.5) is 5.69 Å². The largest absolute Gasteiger partial charge is 0.325 e. The van der Waals surface area contributed by atoms with Crippen LogP contribution in [0.1, 0.15) is 12.5 Å². The zero-order valence-electron chi connectivity index (χ0n) is 13.8. The highest BCUT2D eigenvalue weighted by Crippen LogP contribution is 2.25. The summed E-state index contributed by atoms with van der Waals surface area (Å²) >= 11 is 8.57. The first-order chi connectivity index (χ1) is 12.4. The summed E-state index contributed by atoms with van der Waals surface area (Å²) in [7, 11) is 1.64. The van der Waals surface area contributed by atoms with Crippen LogP contribution in [0.25, 0.3) is 10.2 Å². The van der Waals surface area contributed by atoms with Crippen molar-refractivity contribution in [2.24, 2.45) is 7.05 Å². The van der Waals surface area contributed by atoms with E-state index in [0.29, 0.717) is 26.6 Å². The third-order valence-electron chi connectivity index (χ3n) is 3.67. The first-order valence-corrected chi connectivity index (χ1v) is 9.66. The highest BCUT2D eigenvalue weighted by atomic mass is 35.5. The predicted molar refractivity (Wildman–Crippen MR) is 105 cm³/mol. The number of fused-ring (bicyclic) bond motifs is 1. The van der Waals surface area contributed by atoms with Gasteiger partial charge in [0.25, 0.3) is 5.56 Å². The first-order valence-electron chi connectivity index (χ1n) is 7.52. The number of nitriles is 1. The quantitative estimate of drug-likeness (QED) is 0.529. The SMILES string of the molecule is CC(Sc1nc2sccc2c(=O)n1C)C(=O)Nc1ccc(C#N)c(Cl)c1. The van der Waals surface area contributed by atoms with Gasteiger partial charge < -0.3 is 5.32 Å². The lowest BCUT2D eigenvalue weighted by atomic mass is 10.2. The van der Waals surface area contributed by atoms with Gasteiger partial charge in [-0.05, 0) is 36.6 Å². The Morgan fingerprint density at radius 2 is 2.23 bits per heavy atom. The molecule has 0 bridgehead atoms. The fraction of sp³-hybridized carbons (Fsp3) is 0.176. The topological polar surface area (TPSA) is 87.8 Å². The smallest absolute Gasteiger partial charge is 0.262 e. The van der Waals surface area contributed by atoms with Crippen molar-refractivity contribution in [2.45, 2.75) is 17.3 Å². The molecule has 3 rings (SSSR count). The molecule has 2 aromatic heterocycles. The van der Waals surface area contributed by atoms with E-state index in [1.54, 1.807) is 32.2 Å². The molecule has 0 aliphatic carbocycles. The van der Waals surface area contributed by atoms with Gasteiger partial charge in [0.15, 0.2) is 5.16 Å². The van der Waals surface area contributed by atoms with E-state index < -0.39 is 5.25 Å². The van der Waals surface area contributed by atoms with Gasteiger partial charge in [-0.1, -0.05) is 23.4 Å². The number of carbonyl (C=O) groups is 1. The maximum atomic E-state index is 12.4. The average Bonchev–Trinajstić information content (AvgIpc) is 3.08. The zero-order chi connectivity index (χ0) is 18.8. The van der Waals surface area contributed by atoms with E-state index in [0.717, 1.165) is 0 Å². The van der Waals surface area contributed by atoms with E-state index in [9.17, 15) is 9.59 Å². The van der Waals surface area contributed by atoms with Crippen LogP contribution in [0, 0.1) is 11.3 Å². The average molecular weight is 405 g/mol. The minimum atomic E-state index is -0.486. The molecule has 132 valence electrons. The molecule has 1 atom stereocenters. The van der Waals surface area contributed by atoms with Crippen LogP contribution >= 0.6 is 34.7 Å². The summed E-state index contributed by atoms with van der Waals surface area (Å²) in [5, 5.41) is 14.3. The van der Waals surface area contributed by atoms with Crippen LogP contribution in [-0.4, -0.2) is 20.7 Å². The normalized spacial score (nSPS) is 11.9. The third kappa shape index (κ3) is 3.60. The number of carbonyl (C=O) groups excluding carboxylic acids is 1. The molecule has 0 spiro atoms. The van der Waals surface area contributed by atoms with Crippen molar-refractivity contribution < 1.29 is 4.79 Å². The van der Waals surface area contributed by atoms with Crippen molar-refractivity contribution in [3.8, 4) is 6.07 Å². The predicted octanol–water partition coefficient (Wildman–Crippen LogP) is 3.64. The number of hydrogen-bond acceptors (Lipinski definition) is 6. The van der Waals surface area contributed by atoms with Crippen molar-refractivity contribution in [2.75, 3.05) is 5.32 Å². The number of thioether (sulfide) groups is 1. The molecule has 3 aromatic rings. The molecule has 0 aliphatic rings. The lowest BCUT2D eigenvalue weighted by Gasteiger charge is -2.13. The number of rotatable bonds is 4. The van der Waals surface area contributed by atoms with E-state index in [-0.39, 0.29) is 16.5 Å². The Balaban J connectivity index is 1.77. The Labute approximate surface area is 162 Å². The molecule has 0 saturated carbocycles. The number of anilines is 1. The summed E-state index contributed by atoms with van der Waals surface area (Å²) in [5.41, 5.74) is 0.711. The highest BCUT2D eigenvalue weighted by Gasteiger charge is 2.19. The molecule has 9 heteroatoms. The second kappa shape index (κ2) is 7.50. The van der Waals surface area contributed by atoms with Crippen LogP contribution in [-0.2, 0) is 11.8 Å². The lowest BCUT2D eigenvalue weighted by molar-refractivity contribution is -0.115. The van der Waals surface area contributed by atoms with Crippen LogP contribution in [0.3, 0.4) is 0 Å². The number of nitrogens with zero attached hydrogens (tertiary/aromatic N) is 3. The Morgan fingerprint density at radius 1 is 1.46 bits per heavy atom. The fourth-order valence-electron chi connectivity index (χ4n) is 2.22. The molecule has 6 nitrogen and oxygen atoms in total. The molecule has 1 amide bonds. The summed E-state index contributed by atoms with van der Waals surface area (Å²) < 4.78 is 1.45. The van der Waals surface area contributed by atoms with Crippen molar-refractivity contribution in [3.05, 3.63) is 50.6 Å². The van der Waals surface area contributed by atoms with Crippen LogP contribution in [0.5, 0.6) is 0 Å². The molecule has 0 aliphatic heterocycles. The van der Waals surface area contributed by atoms with Crippen LogP contribution < -0.4 is 10.9 Å². The van der Waals surface area contributed by atoms with Gasteiger partial charge in [-0.2, -0.15) is 5.26 Å². The van der Waals surface area contributed by atoms with Gasteiger partial charge in [0, 0.05) is 12.7 Å². The Hall–Kier alpha value is -2.34. The Bertz CT molecular complexity index is 1100. The number of hydrogen-bond donors (Lipinski definition) is 1. The fourth-order valence-corrected chi connectivity index (χ4v) is 4.13. The zero-order valence-corrected chi connectivity index (χ0v) is 16.2. The summed E-state index contributed by atoms with van der Waals surface area (Å²) in [6, 6.07) is 8.40. The molecule has 0 saturated heterocycles. The van der Waals surface area contributed by atoms with Gasteiger partial charge in [0.2, 0.25) is 5.91 Å². The van der Waals surface area contributed by atoms with Crippen molar-refractivity contribution in [3.63, 3.8) is 0 Å². The monoisotopic (exact) mass is 404 g/mol.